The Labute approximate surface area is 144 Å². The highest BCUT2D eigenvalue weighted by Crippen LogP contribution is 2.42. The van der Waals surface area contributed by atoms with E-state index in [0.717, 1.165) is 0 Å². The molecule has 0 saturated heterocycles. The molecule has 1 aromatic carbocycles. The molecule has 2 atom stereocenters. The fourth-order valence-electron chi connectivity index (χ4n) is 3.08. The minimum Gasteiger partial charge on any atom is -0.481 e. The number of hydrogen-bond donors (Lipinski definition) is 1. The van der Waals surface area contributed by atoms with Gasteiger partial charge in [0.25, 0.3) is 5.69 Å². The zero-order valence-electron chi connectivity index (χ0n) is 14.1. The third-order valence-corrected chi connectivity index (χ3v) is 4.06. The Kier molecular flexibility index (Phi) is 5.31. The Bertz CT molecular complexity index is 796. The number of hydrogen-bond acceptors (Lipinski definition) is 6. The van der Waals surface area contributed by atoms with E-state index in [-0.39, 0.29) is 29.1 Å². The Morgan fingerprint density at radius 3 is 2.52 bits per heavy atom. The molecule has 0 amide bonds. The molecule has 1 aliphatic rings. The number of para-hydroxylation sites is 1. The molecule has 0 spiro atoms. The van der Waals surface area contributed by atoms with Gasteiger partial charge in [-0.05, 0) is 20.8 Å². The zero-order chi connectivity index (χ0) is 18.7. The number of esters is 1. The first kappa shape index (κ1) is 18.3. The molecule has 1 N–H and O–H groups in total. The van der Waals surface area contributed by atoms with Crippen LogP contribution >= 0.6 is 0 Å². The number of ether oxygens (including phenoxy) is 1. The number of carboxylic acids is 1. The van der Waals surface area contributed by atoms with Crippen molar-refractivity contribution in [1.29, 1.82) is 0 Å². The number of carbonyl (C=O) groups is 2. The Hall–Kier alpha value is -3.03. The number of aliphatic imine (C=N–C) groups is 1. The first-order chi connectivity index (χ1) is 11.8. The van der Waals surface area contributed by atoms with Gasteiger partial charge in [0.05, 0.1) is 17.1 Å². The number of nitrogens with zero attached hydrogens (tertiary/aromatic N) is 2. The Morgan fingerprint density at radius 1 is 1.32 bits per heavy atom. The number of nitro benzene ring substituents is 1. The van der Waals surface area contributed by atoms with Gasteiger partial charge in [0.1, 0.15) is 5.92 Å². The summed E-state index contributed by atoms with van der Waals surface area (Å²) in [6, 6.07) is 5.81. The minimum absolute atomic E-state index is 0.0362. The standard InChI is InChI=1S/C17H18N2O6/c1-4-25-17(22)14-10(3)18-9(2)13(16(20)21)15(14)11-7-5-6-8-12(11)19(23)24/h5-8,13,15H,4H2,1-3H3,(H,20,21). The van der Waals surface area contributed by atoms with Crippen molar-refractivity contribution in [2.75, 3.05) is 6.61 Å². The maximum Gasteiger partial charge on any atom is 0.336 e. The number of carbonyl (C=O) groups excluding carboxylic acids is 1. The van der Waals surface area contributed by atoms with Crippen LogP contribution in [0.1, 0.15) is 32.3 Å². The van der Waals surface area contributed by atoms with Gasteiger partial charge in [-0.3, -0.25) is 19.9 Å². The molecule has 25 heavy (non-hydrogen) atoms. The van der Waals surface area contributed by atoms with E-state index in [2.05, 4.69) is 4.99 Å². The lowest BCUT2D eigenvalue weighted by Crippen LogP contribution is -2.35. The molecule has 0 fully saturated rings. The smallest absolute Gasteiger partial charge is 0.336 e. The van der Waals surface area contributed by atoms with Crippen molar-refractivity contribution in [2.24, 2.45) is 10.9 Å². The van der Waals surface area contributed by atoms with E-state index in [9.17, 15) is 24.8 Å². The molecule has 0 bridgehead atoms. The quantitative estimate of drug-likeness (QED) is 0.497. The molecule has 2 unspecified atom stereocenters. The summed E-state index contributed by atoms with van der Waals surface area (Å²) in [4.78, 5) is 39.3. The van der Waals surface area contributed by atoms with Crippen LogP contribution in [0.2, 0.25) is 0 Å². The van der Waals surface area contributed by atoms with Gasteiger partial charge >= 0.3 is 11.9 Å². The number of carboxylic acid groups (broad SMARTS) is 1. The fourth-order valence-corrected chi connectivity index (χ4v) is 3.08. The first-order valence-electron chi connectivity index (χ1n) is 7.68. The molecule has 1 aliphatic heterocycles. The highest BCUT2D eigenvalue weighted by atomic mass is 16.6. The largest absolute Gasteiger partial charge is 0.481 e. The summed E-state index contributed by atoms with van der Waals surface area (Å²) < 4.78 is 5.04. The van der Waals surface area contributed by atoms with Crippen LogP contribution in [0, 0.1) is 16.0 Å². The van der Waals surface area contributed by atoms with Gasteiger partial charge in [0.2, 0.25) is 0 Å². The molecule has 0 aromatic heterocycles. The van der Waals surface area contributed by atoms with Crippen molar-refractivity contribution in [1.82, 2.24) is 0 Å². The van der Waals surface area contributed by atoms with E-state index in [1.807, 2.05) is 0 Å². The molecule has 0 aliphatic carbocycles. The van der Waals surface area contributed by atoms with Gasteiger partial charge in [0, 0.05) is 29.0 Å². The summed E-state index contributed by atoms with van der Waals surface area (Å²) in [7, 11) is 0. The monoisotopic (exact) mass is 346 g/mol. The second-order valence-electron chi connectivity index (χ2n) is 5.58. The zero-order valence-corrected chi connectivity index (χ0v) is 14.1. The van der Waals surface area contributed by atoms with E-state index in [1.165, 1.54) is 25.1 Å². The molecular formula is C17H18N2O6. The lowest BCUT2D eigenvalue weighted by atomic mass is 9.75. The normalized spacial score (nSPS) is 20.0. The first-order valence-corrected chi connectivity index (χ1v) is 7.68. The van der Waals surface area contributed by atoms with E-state index in [4.69, 9.17) is 4.74 Å². The van der Waals surface area contributed by atoms with E-state index in [1.54, 1.807) is 19.9 Å². The third-order valence-electron chi connectivity index (χ3n) is 4.06. The van der Waals surface area contributed by atoms with Crippen molar-refractivity contribution in [2.45, 2.75) is 26.7 Å². The Balaban J connectivity index is 2.75. The van der Waals surface area contributed by atoms with Gasteiger partial charge in [-0.15, -0.1) is 0 Å². The molecule has 1 aromatic rings. The molecule has 8 nitrogen and oxygen atoms in total. The van der Waals surface area contributed by atoms with Crippen LogP contribution in [0.5, 0.6) is 0 Å². The van der Waals surface area contributed by atoms with Gasteiger partial charge in [-0.1, -0.05) is 18.2 Å². The summed E-state index contributed by atoms with van der Waals surface area (Å²) in [5.74, 6) is -4.16. The van der Waals surface area contributed by atoms with Crippen molar-refractivity contribution in [3.05, 3.63) is 51.2 Å². The molecule has 1 heterocycles. The van der Waals surface area contributed by atoms with Crippen LogP contribution in [0.3, 0.4) is 0 Å². The second-order valence-corrected chi connectivity index (χ2v) is 5.58. The fraction of sp³-hybridized carbons (Fsp3) is 0.353. The summed E-state index contributed by atoms with van der Waals surface area (Å²) >= 11 is 0. The van der Waals surface area contributed by atoms with Crippen LogP contribution in [-0.2, 0) is 14.3 Å². The lowest BCUT2D eigenvalue weighted by molar-refractivity contribution is -0.385. The number of allylic oxidation sites excluding steroid dienone is 1. The summed E-state index contributed by atoms with van der Waals surface area (Å²) in [5, 5.41) is 21.1. The molecule has 0 radical (unpaired) electrons. The number of benzene rings is 1. The van der Waals surface area contributed by atoms with Gasteiger partial charge in [-0.25, -0.2) is 4.79 Å². The highest BCUT2D eigenvalue weighted by molar-refractivity contribution is 6.06. The van der Waals surface area contributed by atoms with Crippen LogP contribution in [0.25, 0.3) is 0 Å². The summed E-state index contributed by atoms with van der Waals surface area (Å²) in [6.45, 7) is 4.82. The molecule has 8 heteroatoms. The molecule has 2 rings (SSSR count). The molecular weight excluding hydrogens is 328 g/mol. The van der Waals surface area contributed by atoms with Gasteiger partial charge < -0.3 is 9.84 Å². The van der Waals surface area contributed by atoms with Crippen molar-refractivity contribution >= 4 is 23.3 Å². The minimum atomic E-state index is -1.21. The van der Waals surface area contributed by atoms with Crippen molar-refractivity contribution < 1.29 is 24.4 Å². The van der Waals surface area contributed by atoms with E-state index in [0.29, 0.717) is 5.70 Å². The summed E-state index contributed by atoms with van der Waals surface area (Å²) in [5.41, 5.74) is 0.520. The van der Waals surface area contributed by atoms with Crippen LogP contribution in [-0.4, -0.2) is 34.3 Å². The van der Waals surface area contributed by atoms with Gasteiger partial charge in [-0.2, -0.15) is 0 Å². The number of aliphatic carboxylic acids is 1. The Morgan fingerprint density at radius 2 is 1.96 bits per heavy atom. The second kappa shape index (κ2) is 7.25. The van der Waals surface area contributed by atoms with Crippen LogP contribution in [0.15, 0.2) is 40.5 Å². The SMILES string of the molecule is CCOC(=O)C1=C(C)N=C(C)C(C(=O)O)C1c1ccccc1[N+](=O)[O-]. The molecule has 0 saturated carbocycles. The van der Waals surface area contributed by atoms with Crippen LogP contribution in [0.4, 0.5) is 5.69 Å². The maximum absolute atomic E-state index is 12.4. The summed E-state index contributed by atoms with van der Waals surface area (Å²) in [6.07, 6.45) is 0. The third kappa shape index (κ3) is 3.42. The van der Waals surface area contributed by atoms with E-state index >= 15 is 0 Å². The highest BCUT2D eigenvalue weighted by Gasteiger charge is 2.43. The van der Waals surface area contributed by atoms with Gasteiger partial charge in [0.15, 0.2) is 0 Å². The van der Waals surface area contributed by atoms with Crippen LogP contribution < -0.4 is 0 Å². The number of rotatable bonds is 5. The van der Waals surface area contributed by atoms with Crippen molar-refractivity contribution in [3.8, 4) is 0 Å². The average molecular weight is 346 g/mol. The topological polar surface area (TPSA) is 119 Å². The predicted octanol–water partition coefficient (Wildman–Crippen LogP) is 2.69. The lowest BCUT2D eigenvalue weighted by Gasteiger charge is -2.30. The average Bonchev–Trinajstić information content (AvgIpc) is 2.53. The molecule has 132 valence electrons. The number of nitro groups is 1. The van der Waals surface area contributed by atoms with E-state index < -0.39 is 28.7 Å². The predicted molar refractivity (Wildman–Crippen MR) is 89.4 cm³/mol. The van der Waals surface area contributed by atoms with Crippen molar-refractivity contribution in [3.63, 3.8) is 0 Å². The maximum atomic E-state index is 12.4.